The summed E-state index contributed by atoms with van der Waals surface area (Å²) in [5.41, 5.74) is 0.681. The molecule has 0 aliphatic heterocycles. The summed E-state index contributed by atoms with van der Waals surface area (Å²) in [7, 11) is 5.36. The molecule has 134 valence electrons. The second kappa shape index (κ2) is 7.09. The van der Waals surface area contributed by atoms with Crippen LogP contribution in [0.15, 0.2) is 36.7 Å². The fourth-order valence-corrected chi connectivity index (χ4v) is 3.75. The Morgan fingerprint density at radius 1 is 1.12 bits per heavy atom. The van der Waals surface area contributed by atoms with Gasteiger partial charge in [-0.3, -0.25) is 9.78 Å². The van der Waals surface area contributed by atoms with Crippen molar-refractivity contribution in [1.82, 2.24) is 14.9 Å². The van der Waals surface area contributed by atoms with Crippen LogP contribution in [0.1, 0.15) is 25.7 Å². The van der Waals surface area contributed by atoms with Crippen molar-refractivity contribution in [3.05, 3.63) is 52.8 Å². The zero-order valence-corrected chi connectivity index (χ0v) is 15.4. The van der Waals surface area contributed by atoms with Crippen LogP contribution in [0.4, 0.5) is 5.82 Å². The summed E-state index contributed by atoms with van der Waals surface area (Å²) in [6, 6.07) is 7.12. The minimum absolute atomic E-state index is 0.0523. The van der Waals surface area contributed by atoms with Crippen molar-refractivity contribution in [2.45, 2.75) is 6.54 Å². The number of rotatable bonds is 5. The lowest BCUT2D eigenvalue weighted by atomic mass is 10.1. The Labute approximate surface area is 154 Å². The summed E-state index contributed by atoms with van der Waals surface area (Å²) in [4.78, 5) is 36.6. The van der Waals surface area contributed by atoms with E-state index < -0.39 is 5.97 Å². The van der Waals surface area contributed by atoms with Crippen LogP contribution in [0.2, 0.25) is 0 Å². The molecule has 8 heteroatoms. The molecule has 0 bridgehead atoms. The largest absolute Gasteiger partial charge is 0.478 e. The second-order valence-electron chi connectivity index (χ2n) is 6.03. The highest BCUT2D eigenvalue weighted by Crippen LogP contribution is 2.32. The molecule has 26 heavy (non-hydrogen) atoms. The van der Waals surface area contributed by atoms with Gasteiger partial charge in [-0.05, 0) is 6.07 Å². The van der Waals surface area contributed by atoms with Crippen molar-refractivity contribution in [3.63, 3.8) is 0 Å². The summed E-state index contributed by atoms with van der Waals surface area (Å²) >= 11 is 1.19. The van der Waals surface area contributed by atoms with E-state index in [1.165, 1.54) is 16.2 Å². The highest BCUT2D eigenvalue weighted by atomic mass is 32.1. The number of benzene rings is 1. The van der Waals surface area contributed by atoms with Gasteiger partial charge in [-0.1, -0.05) is 18.2 Å². The molecule has 3 rings (SSSR count). The number of carboxylic acid groups (broad SMARTS) is 1. The minimum atomic E-state index is -1.10. The molecular weight excluding hydrogens is 352 g/mol. The highest BCUT2D eigenvalue weighted by molar-refractivity contribution is 7.21. The normalized spacial score (nSPS) is 10.7. The van der Waals surface area contributed by atoms with E-state index in [0.29, 0.717) is 11.1 Å². The van der Waals surface area contributed by atoms with Crippen molar-refractivity contribution in [2.75, 3.05) is 26.0 Å². The van der Waals surface area contributed by atoms with Gasteiger partial charge in [0.2, 0.25) is 0 Å². The summed E-state index contributed by atoms with van der Waals surface area (Å²) in [6.07, 6.45) is 3.25. The number of hydrogen-bond donors (Lipinski definition) is 1. The van der Waals surface area contributed by atoms with Crippen LogP contribution >= 0.6 is 11.3 Å². The molecule has 0 spiro atoms. The lowest BCUT2D eigenvalue weighted by Crippen LogP contribution is -2.27. The number of carbonyl (C=O) groups is 2. The Morgan fingerprint density at radius 3 is 2.46 bits per heavy atom. The van der Waals surface area contributed by atoms with Gasteiger partial charge in [0.15, 0.2) is 0 Å². The topological polar surface area (TPSA) is 86.6 Å². The maximum Gasteiger partial charge on any atom is 0.338 e. The Balaban J connectivity index is 1.88. The number of carboxylic acids is 1. The SMILES string of the molecule is CN(Cc1cnc(N(C)C)cn1)C(=O)c1sc2ccccc2c1C(=O)O. The number of nitrogens with zero attached hydrogens (tertiary/aromatic N) is 4. The van der Waals surface area contributed by atoms with Gasteiger partial charge in [-0.15, -0.1) is 11.3 Å². The molecule has 0 aliphatic carbocycles. The smallest absolute Gasteiger partial charge is 0.338 e. The minimum Gasteiger partial charge on any atom is -0.478 e. The van der Waals surface area contributed by atoms with Crippen molar-refractivity contribution in [3.8, 4) is 0 Å². The fraction of sp³-hybridized carbons (Fsp3) is 0.222. The molecule has 2 aromatic heterocycles. The number of fused-ring (bicyclic) bond motifs is 1. The van der Waals surface area contributed by atoms with Crippen LogP contribution in [0.5, 0.6) is 0 Å². The predicted octanol–water partition coefficient (Wildman–Crippen LogP) is 2.73. The number of hydrogen-bond acceptors (Lipinski definition) is 6. The monoisotopic (exact) mass is 370 g/mol. The molecule has 1 amide bonds. The van der Waals surface area contributed by atoms with Crippen LogP contribution in [-0.4, -0.2) is 53.0 Å². The molecule has 0 aliphatic rings. The van der Waals surface area contributed by atoms with E-state index in [1.807, 2.05) is 31.1 Å². The first-order valence-corrected chi connectivity index (χ1v) is 8.68. The summed E-state index contributed by atoms with van der Waals surface area (Å²) < 4.78 is 0.775. The summed E-state index contributed by atoms with van der Waals surface area (Å²) in [5.74, 6) is -0.725. The van der Waals surface area contributed by atoms with Gasteiger partial charge in [-0.25, -0.2) is 9.78 Å². The van der Waals surface area contributed by atoms with Gasteiger partial charge in [0, 0.05) is 31.2 Å². The molecule has 0 atom stereocenters. The van der Waals surface area contributed by atoms with Gasteiger partial charge in [0.05, 0.1) is 30.2 Å². The number of anilines is 1. The lowest BCUT2D eigenvalue weighted by molar-refractivity contribution is 0.0684. The Morgan fingerprint density at radius 2 is 1.85 bits per heavy atom. The van der Waals surface area contributed by atoms with E-state index in [2.05, 4.69) is 9.97 Å². The van der Waals surface area contributed by atoms with E-state index in [1.54, 1.807) is 31.6 Å². The fourth-order valence-electron chi connectivity index (χ4n) is 2.56. The predicted molar refractivity (Wildman–Crippen MR) is 101 cm³/mol. The third-order valence-electron chi connectivity index (χ3n) is 3.90. The van der Waals surface area contributed by atoms with E-state index in [4.69, 9.17) is 0 Å². The van der Waals surface area contributed by atoms with Gasteiger partial charge < -0.3 is 14.9 Å². The van der Waals surface area contributed by atoms with Gasteiger partial charge in [-0.2, -0.15) is 0 Å². The number of carbonyl (C=O) groups excluding carboxylic acids is 1. The van der Waals surface area contributed by atoms with Crippen molar-refractivity contribution in [2.24, 2.45) is 0 Å². The van der Waals surface area contributed by atoms with E-state index in [0.717, 1.165) is 10.5 Å². The molecular formula is C18H18N4O3S. The molecule has 1 aromatic carbocycles. The highest BCUT2D eigenvalue weighted by Gasteiger charge is 2.25. The zero-order chi connectivity index (χ0) is 18.8. The van der Waals surface area contributed by atoms with Crippen LogP contribution in [0.25, 0.3) is 10.1 Å². The van der Waals surface area contributed by atoms with Gasteiger partial charge >= 0.3 is 5.97 Å². The number of thiophene rings is 1. The second-order valence-corrected chi connectivity index (χ2v) is 7.08. The lowest BCUT2D eigenvalue weighted by Gasteiger charge is -2.17. The van der Waals surface area contributed by atoms with Crippen LogP contribution < -0.4 is 4.90 Å². The number of aromatic carboxylic acids is 1. The molecule has 2 heterocycles. The van der Waals surface area contributed by atoms with Crippen LogP contribution in [0.3, 0.4) is 0 Å². The first kappa shape index (κ1) is 17.8. The molecule has 0 radical (unpaired) electrons. The molecule has 3 aromatic rings. The molecule has 0 fully saturated rings. The molecule has 1 N–H and O–H groups in total. The van der Waals surface area contributed by atoms with Crippen LogP contribution in [0, 0.1) is 0 Å². The van der Waals surface area contributed by atoms with E-state index in [-0.39, 0.29) is 22.9 Å². The third kappa shape index (κ3) is 3.36. The zero-order valence-electron chi connectivity index (χ0n) is 14.6. The summed E-state index contributed by atoms with van der Waals surface area (Å²) in [6.45, 7) is 0.243. The van der Waals surface area contributed by atoms with Gasteiger partial charge in [0.1, 0.15) is 10.7 Å². The van der Waals surface area contributed by atoms with Gasteiger partial charge in [0.25, 0.3) is 5.91 Å². The first-order valence-electron chi connectivity index (χ1n) is 7.87. The van der Waals surface area contributed by atoms with Crippen molar-refractivity contribution < 1.29 is 14.7 Å². The van der Waals surface area contributed by atoms with E-state index in [9.17, 15) is 14.7 Å². The number of aromatic nitrogens is 2. The maximum absolute atomic E-state index is 12.8. The molecule has 7 nitrogen and oxygen atoms in total. The standard InChI is InChI=1S/C18H18N4O3S/c1-21(2)14-9-19-11(8-20-14)10-22(3)17(23)16-15(18(24)25)12-6-4-5-7-13(12)26-16/h4-9H,10H2,1-3H3,(H,24,25). The van der Waals surface area contributed by atoms with Crippen molar-refractivity contribution >= 4 is 39.1 Å². The van der Waals surface area contributed by atoms with Crippen LogP contribution in [-0.2, 0) is 6.54 Å². The Hall–Kier alpha value is -3.00. The first-order chi connectivity index (χ1) is 12.4. The Kier molecular flexibility index (Phi) is 4.85. The average molecular weight is 370 g/mol. The molecule has 0 unspecified atom stereocenters. The molecule has 0 saturated heterocycles. The molecule has 0 saturated carbocycles. The number of amides is 1. The van der Waals surface area contributed by atoms with E-state index >= 15 is 0 Å². The third-order valence-corrected chi connectivity index (χ3v) is 5.06. The van der Waals surface area contributed by atoms with Crippen molar-refractivity contribution in [1.29, 1.82) is 0 Å². The Bertz CT molecular complexity index is 966. The average Bonchev–Trinajstić information content (AvgIpc) is 3.01. The quantitative estimate of drug-likeness (QED) is 0.743. The maximum atomic E-state index is 12.8. The summed E-state index contributed by atoms with van der Waals surface area (Å²) in [5, 5.41) is 10.1.